The number of alkyl halides is 1. The third-order valence-corrected chi connectivity index (χ3v) is 2.33. The molecule has 2 N–H and O–H groups in total. The fourth-order valence-electron chi connectivity index (χ4n) is 0.440. The van der Waals surface area contributed by atoms with Crippen molar-refractivity contribution in [3.63, 3.8) is 0 Å². The highest BCUT2D eigenvalue weighted by Gasteiger charge is 2.16. The van der Waals surface area contributed by atoms with Crippen molar-refractivity contribution >= 4 is 21.9 Å². The quantitative estimate of drug-likeness (QED) is 0.469. The Labute approximate surface area is 70.5 Å². The van der Waals surface area contributed by atoms with Gasteiger partial charge >= 0.3 is 10.3 Å². The summed E-state index contributed by atoms with van der Waals surface area (Å²) in [6.45, 7) is -0.206. The van der Waals surface area contributed by atoms with Gasteiger partial charge in [-0.3, -0.25) is 4.55 Å². The Morgan fingerprint density at radius 3 is 2.36 bits per heavy atom. The van der Waals surface area contributed by atoms with E-state index >= 15 is 0 Å². The van der Waals surface area contributed by atoms with Crippen LogP contribution in [0.1, 0.15) is 0 Å². The minimum absolute atomic E-state index is 0.0696. The standard InChI is InChI=1S/C4H10ClNO4S/c1-6(11(8,9)10)3-4(7)2-5/h4,7H,2-3H2,1H3,(H,8,9,10)/t4-/m0/s1. The van der Waals surface area contributed by atoms with Crippen molar-refractivity contribution in [3.8, 4) is 0 Å². The molecular weight excluding hydrogens is 194 g/mol. The van der Waals surface area contributed by atoms with Crippen molar-refractivity contribution in [2.24, 2.45) is 0 Å². The van der Waals surface area contributed by atoms with Crippen LogP contribution in [0.5, 0.6) is 0 Å². The lowest BCUT2D eigenvalue weighted by Gasteiger charge is -2.14. The van der Waals surface area contributed by atoms with Crippen molar-refractivity contribution in [1.82, 2.24) is 4.31 Å². The molecule has 0 heterocycles. The fourth-order valence-corrected chi connectivity index (χ4v) is 0.898. The number of nitrogens with zero attached hydrogens (tertiary/aromatic N) is 1. The van der Waals surface area contributed by atoms with E-state index in [0.29, 0.717) is 4.31 Å². The second-order valence-electron chi connectivity index (χ2n) is 2.07. The van der Waals surface area contributed by atoms with Crippen molar-refractivity contribution in [2.75, 3.05) is 19.5 Å². The summed E-state index contributed by atoms with van der Waals surface area (Å²) >= 11 is 5.19. The number of likely N-dealkylation sites (N-methyl/N-ethyl adjacent to an activating group) is 1. The third kappa shape index (κ3) is 4.54. The molecule has 7 heteroatoms. The summed E-state index contributed by atoms with van der Waals surface area (Å²) in [6.07, 6.45) is -0.955. The first kappa shape index (κ1) is 11.1. The Morgan fingerprint density at radius 2 is 2.09 bits per heavy atom. The minimum atomic E-state index is -4.19. The molecule has 0 fully saturated rings. The second kappa shape index (κ2) is 4.22. The van der Waals surface area contributed by atoms with Crippen molar-refractivity contribution in [2.45, 2.75) is 6.10 Å². The Kier molecular flexibility index (Phi) is 4.27. The molecule has 5 nitrogen and oxygen atoms in total. The average Bonchev–Trinajstić information content (AvgIpc) is 1.85. The topological polar surface area (TPSA) is 77.8 Å². The summed E-state index contributed by atoms with van der Waals surface area (Å²) in [5.74, 6) is -0.0696. The van der Waals surface area contributed by atoms with Crippen LogP contribution >= 0.6 is 11.6 Å². The van der Waals surface area contributed by atoms with Gasteiger partial charge < -0.3 is 5.11 Å². The molecule has 0 aliphatic carbocycles. The summed E-state index contributed by atoms with van der Waals surface area (Å²) in [5.41, 5.74) is 0. The molecule has 0 amide bonds. The van der Waals surface area contributed by atoms with E-state index in [1.165, 1.54) is 0 Å². The Balaban J connectivity index is 3.98. The van der Waals surface area contributed by atoms with Crippen molar-refractivity contribution in [3.05, 3.63) is 0 Å². The second-order valence-corrected chi connectivity index (χ2v) is 3.89. The summed E-state index contributed by atoms with van der Waals surface area (Å²) in [6, 6.07) is 0. The van der Waals surface area contributed by atoms with Crippen LogP contribution in [0.15, 0.2) is 0 Å². The van der Waals surface area contributed by atoms with Gasteiger partial charge in [0.2, 0.25) is 0 Å². The summed E-state index contributed by atoms with van der Waals surface area (Å²) < 4.78 is 29.6. The number of halogens is 1. The van der Waals surface area contributed by atoms with Gasteiger partial charge in [-0.15, -0.1) is 11.6 Å². The zero-order valence-electron chi connectivity index (χ0n) is 5.94. The molecule has 1 atom stereocenters. The highest BCUT2D eigenvalue weighted by molar-refractivity contribution is 7.83. The highest BCUT2D eigenvalue weighted by atomic mass is 35.5. The number of hydrogen-bond donors (Lipinski definition) is 2. The highest BCUT2D eigenvalue weighted by Crippen LogP contribution is 1.96. The summed E-state index contributed by atoms with van der Waals surface area (Å²) in [7, 11) is -3.05. The minimum Gasteiger partial charge on any atom is -0.391 e. The first-order valence-electron chi connectivity index (χ1n) is 2.80. The maximum Gasteiger partial charge on any atom is 0.335 e. The van der Waals surface area contributed by atoms with E-state index < -0.39 is 16.4 Å². The largest absolute Gasteiger partial charge is 0.391 e. The molecule has 0 aromatic rings. The molecule has 0 saturated carbocycles. The molecule has 68 valence electrons. The number of aliphatic hydroxyl groups excluding tert-OH is 1. The van der Waals surface area contributed by atoms with E-state index in [2.05, 4.69) is 0 Å². The Bertz CT molecular complexity index is 204. The molecule has 0 aromatic carbocycles. The molecule has 0 spiro atoms. The first-order chi connectivity index (χ1) is 4.88. The normalized spacial score (nSPS) is 15.4. The molecule has 0 aromatic heterocycles. The summed E-state index contributed by atoms with van der Waals surface area (Å²) in [4.78, 5) is 0. The molecule has 0 unspecified atom stereocenters. The average molecular weight is 204 g/mol. The molecule has 0 bridgehead atoms. The van der Waals surface area contributed by atoms with E-state index in [9.17, 15) is 8.42 Å². The van der Waals surface area contributed by atoms with Gasteiger partial charge in [0.1, 0.15) is 0 Å². The molecule has 0 radical (unpaired) electrons. The van der Waals surface area contributed by atoms with Crippen LogP contribution in [0.3, 0.4) is 0 Å². The predicted octanol–water partition coefficient (Wildman–Crippen LogP) is -0.679. The van der Waals surface area contributed by atoms with Gasteiger partial charge in [0, 0.05) is 19.5 Å². The van der Waals surface area contributed by atoms with Crippen LogP contribution in [0.25, 0.3) is 0 Å². The lowest BCUT2D eigenvalue weighted by Crippen LogP contribution is -2.34. The molecule has 11 heavy (non-hydrogen) atoms. The van der Waals surface area contributed by atoms with Gasteiger partial charge in [-0.2, -0.15) is 12.7 Å². The molecule has 0 rings (SSSR count). The number of aliphatic hydroxyl groups is 1. The van der Waals surface area contributed by atoms with Crippen molar-refractivity contribution < 1.29 is 18.1 Å². The van der Waals surface area contributed by atoms with E-state index in [-0.39, 0.29) is 12.4 Å². The molecular formula is C4H10ClNO4S. The molecule has 0 aliphatic rings. The summed E-state index contributed by atoms with van der Waals surface area (Å²) in [5, 5.41) is 8.84. The number of hydrogen-bond acceptors (Lipinski definition) is 3. The van der Waals surface area contributed by atoms with Gasteiger partial charge in [-0.05, 0) is 0 Å². The lowest BCUT2D eigenvalue weighted by atomic mass is 10.4. The van der Waals surface area contributed by atoms with Gasteiger partial charge in [0.05, 0.1) is 6.10 Å². The first-order valence-corrected chi connectivity index (χ1v) is 4.74. The zero-order chi connectivity index (χ0) is 9.07. The Hall–Kier alpha value is 0.120. The van der Waals surface area contributed by atoms with Gasteiger partial charge in [-0.25, -0.2) is 0 Å². The van der Waals surface area contributed by atoms with E-state index in [0.717, 1.165) is 7.05 Å². The fraction of sp³-hybridized carbons (Fsp3) is 1.00. The van der Waals surface area contributed by atoms with Crippen LogP contribution in [-0.4, -0.2) is 48.0 Å². The SMILES string of the molecule is CN(C[C@@H](O)CCl)S(=O)(=O)O. The maximum absolute atomic E-state index is 10.3. The van der Waals surface area contributed by atoms with Gasteiger partial charge in [-0.1, -0.05) is 0 Å². The van der Waals surface area contributed by atoms with E-state index in [1.54, 1.807) is 0 Å². The van der Waals surface area contributed by atoms with Crippen LogP contribution in [-0.2, 0) is 10.3 Å². The van der Waals surface area contributed by atoms with E-state index in [1.807, 2.05) is 0 Å². The monoisotopic (exact) mass is 203 g/mol. The molecule has 0 aliphatic heterocycles. The van der Waals surface area contributed by atoms with Crippen LogP contribution < -0.4 is 0 Å². The number of rotatable bonds is 4. The van der Waals surface area contributed by atoms with Crippen LogP contribution in [0, 0.1) is 0 Å². The van der Waals surface area contributed by atoms with Gasteiger partial charge in [0.15, 0.2) is 0 Å². The van der Waals surface area contributed by atoms with Crippen LogP contribution in [0.4, 0.5) is 0 Å². The maximum atomic E-state index is 10.3. The lowest BCUT2D eigenvalue weighted by molar-refractivity contribution is 0.170. The zero-order valence-corrected chi connectivity index (χ0v) is 7.51. The smallest absolute Gasteiger partial charge is 0.335 e. The van der Waals surface area contributed by atoms with E-state index in [4.69, 9.17) is 21.3 Å². The molecule has 0 saturated heterocycles. The Morgan fingerprint density at radius 1 is 1.64 bits per heavy atom. The van der Waals surface area contributed by atoms with Gasteiger partial charge in [0.25, 0.3) is 0 Å². The van der Waals surface area contributed by atoms with Crippen LogP contribution in [0.2, 0.25) is 0 Å². The van der Waals surface area contributed by atoms with Crippen molar-refractivity contribution in [1.29, 1.82) is 0 Å². The predicted molar refractivity (Wildman–Crippen MR) is 40.9 cm³/mol. The third-order valence-electron chi connectivity index (χ3n) is 1.04.